The van der Waals surface area contributed by atoms with E-state index in [0.717, 1.165) is 5.56 Å². The van der Waals surface area contributed by atoms with Crippen molar-refractivity contribution in [1.29, 1.82) is 0 Å². The van der Waals surface area contributed by atoms with Crippen molar-refractivity contribution in [2.45, 2.75) is 24.5 Å². The Labute approximate surface area is 158 Å². The normalized spacial score (nSPS) is 18.2. The standard InChI is InChI=1S/C19H21FN2O4S/c1-14-13-22(9-10-26-14)27(24,25)18-4-2-3-16(11-18)19(23)21-12-15-5-7-17(20)8-6-15/h2-8,11,14H,9-10,12-13H2,1H3,(H,21,23). The van der Waals surface area contributed by atoms with E-state index in [4.69, 9.17) is 4.74 Å². The second-order valence-corrected chi connectivity index (χ2v) is 8.32. The molecule has 1 heterocycles. The number of nitrogens with zero attached hydrogens (tertiary/aromatic N) is 1. The van der Waals surface area contributed by atoms with E-state index in [-0.39, 0.29) is 42.0 Å². The zero-order valence-corrected chi connectivity index (χ0v) is 15.7. The van der Waals surface area contributed by atoms with Gasteiger partial charge >= 0.3 is 0 Å². The lowest BCUT2D eigenvalue weighted by Crippen LogP contribution is -2.44. The highest BCUT2D eigenvalue weighted by molar-refractivity contribution is 7.89. The van der Waals surface area contributed by atoms with Gasteiger partial charge in [-0.2, -0.15) is 4.31 Å². The van der Waals surface area contributed by atoms with E-state index in [1.54, 1.807) is 24.3 Å². The van der Waals surface area contributed by atoms with E-state index in [2.05, 4.69) is 5.32 Å². The fourth-order valence-corrected chi connectivity index (χ4v) is 4.38. The van der Waals surface area contributed by atoms with E-state index in [1.807, 2.05) is 6.92 Å². The first-order chi connectivity index (χ1) is 12.9. The van der Waals surface area contributed by atoms with Crippen molar-refractivity contribution in [3.63, 3.8) is 0 Å². The Morgan fingerprint density at radius 2 is 2.00 bits per heavy atom. The molecule has 1 saturated heterocycles. The highest BCUT2D eigenvalue weighted by Crippen LogP contribution is 2.20. The monoisotopic (exact) mass is 392 g/mol. The molecule has 0 saturated carbocycles. The molecule has 0 spiro atoms. The van der Waals surface area contributed by atoms with E-state index >= 15 is 0 Å². The largest absolute Gasteiger partial charge is 0.376 e. The third-order valence-corrected chi connectivity index (χ3v) is 6.17. The minimum atomic E-state index is -3.69. The lowest BCUT2D eigenvalue weighted by molar-refractivity contribution is 0.0102. The van der Waals surface area contributed by atoms with Gasteiger partial charge in [-0.25, -0.2) is 12.8 Å². The second-order valence-electron chi connectivity index (χ2n) is 6.38. The van der Waals surface area contributed by atoms with Crippen LogP contribution >= 0.6 is 0 Å². The summed E-state index contributed by atoms with van der Waals surface area (Å²) in [5, 5.41) is 2.71. The third-order valence-electron chi connectivity index (χ3n) is 4.30. The Morgan fingerprint density at radius 1 is 1.26 bits per heavy atom. The summed E-state index contributed by atoms with van der Waals surface area (Å²) >= 11 is 0. The minimum absolute atomic E-state index is 0.0750. The summed E-state index contributed by atoms with van der Waals surface area (Å²) in [6, 6.07) is 11.7. The molecule has 0 aromatic heterocycles. The summed E-state index contributed by atoms with van der Waals surface area (Å²) in [4.78, 5) is 12.5. The van der Waals surface area contributed by atoms with E-state index < -0.39 is 15.9 Å². The van der Waals surface area contributed by atoms with Crippen LogP contribution in [0.1, 0.15) is 22.8 Å². The number of ether oxygens (including phenoxy) is 1. The van der Waals surface area contributed by atoms with Gasteiger partial charge in [0.25, 0.3) is 5.91 Å². The fourth-order valence-electron chi connectivity index (χ4n) is 2.84. The number of nitrogens with one attached hydrogen (secondary N) is 1. The molecule has 144 valence electrons. The molecule has 0 radical (unpaired) electrons. The van der Waals surface area contributed by atoms with Crippen molar-refractivity contribution in [3.05, 3.63) is 65.5 Å². The van der Waals surface area contributed by atoms with Crippen molar-refractivity contribution in [1.82, 2.24) is 9.62 Å². The smallest absolute Gasteiger partial charge is 0.251 e. The average molecular weight is 392 g/mol. The maximum absolute atomic E-state index is 12.9. The minimum Gasteiger partial charge on any atom is -0.376 e. The highest BCUT2D eigenvalue weighted by Gasteiger charge is 2.29. The molecule has 1 amide bonds. The predicted octanol–water partition coefficient (Wildman–Crippen LogP) is 2.17. The first kappa shape index (κ1) is 19.5. The lowest BCUT2D eigenvalue weighted by Gasteiger charge is -2.30. The number of carbonyl (C=O) groups excluding carboxylic acids is 1. The number of hydrogen-bond donors (Lipinski definition) is 1. The number of rotatable bonds is 5. The van der Waals surface area contributed by atoms with Gasteiger partial charge in [0.05, 0.1) is 17.6 Å². The van der Waals surface area contributed by atoms with Crippen LogP contribution in [0, 0.1) is 5.82 Å². The second kappa shape index (κ2) is 8.16. The van der Waals surface area contributed by atoms with E-state index in [0.29, 0.717) is 6.61 Å². The maximum Gasteiger partial charge on any atom is 0.251 e. The lowest BCUT2D eigenvalue weighted by atomic mass is 10.2. The Balaban J connectivity index is 1.72. The molecule has 27 heavy (non-hydrogen) atoms. The molecule has 1 atom stereocenters. The maximum atomic E-state index is 12.9. The Bertz CT molecular complexity index is 916. The molecule has 8 heteroatoms. The van der Waals surface area contributed by atoms with Crippen LogP contribution in [0.5, 0.6) is 0 Å². The summed E-state index contributed by atoms with van der Waals surface area (Å²) in [6.45, 7) is 2.95. The molecule has 1 aliphatic rings. The topological polar surface area (TPSA) is 75.7 Å². The number of sulfonamides is 1. The SMILES string of the molecule is CC1CN(S(=O)(=O)c2cccc(C(=O)NCc3ccc(F)cc3)c2)CCO1. The van der Waals surface area contributed by atoms with Crippen LogP contribution in [0.25, 0.3) is 0 Å². The molecule has 1 fully saturated rings. The van der Waals surface area contributed by atoms with Crippen molar-refractivity contribution in [2.24, 2.45) is 0 Å². The number of carbonyl (C=O) groups is 1. The van der Waals surface area contributed by atoms with Crippen LogP contribution in [0.4, 0.5) is 4.39 Å². The number of halogens is 1. The van der Waals surface area contributed by atoms with Crippen LogP contribution in [0.15, 0.2) is 53.4 Å². The van der Waals surface area contributed by atoms with Crippen LogP contribution in [0.3, 0.4) is 0 Å². The van der Waals surface area contributed by atoms with Crippen molar-refractivity contribution >= 4 is 15.9 Å². The molecule has 6 nitrogen and oxygen atoms in total. The number of benzene rings is 2. The Hall–Kier alpha value is -2.29. The van der Waals surface area contributed by atoms with Gasteiger partial charge in [0.2, 0.25) is 10.0 Å². The van der Waals surface area contributed by atoms with Crippen molar-refractivity contribution in [3.8, 4) is 0 Å². The summed E-state index contributed by atoms with van der Waals surface area (Å²) in [7, 11) is -3.69. The molecule has 1 unspecified atom stereocenters. The molecular weight excluding hydrogens is 371 g/mol. The molecule has 1 N–H and O–H groups in total. The zero-order valence-electron chi connectivity index (χ0n) is 14.9. The van der Waals surface area contributed by atoms with Crippen LogP contribution in [0.2, 0.25) is 0 Å². The molecule has 0 aliphatic carbocycles. The molecule has 3 rings (SSSR count). The zero-order chi connectivity index (χ0) is 19.4. The Morgan fingerprint density at radius 3 is 2.70 bits per heavy atom. The fraction of sp³-hybridized carbons (Fsp3) is 0.316. The van der Waals surface area contributed by atoms with Crippen LogP contribution in [-0.4, -0.2) is 44.4 Å². The third kappa shape index (κ3) is 4.71. The Kier molecular flexibility index (Phi) is 5.88. The first-order valence-electron chi connectivity index (χ1n) is 8.61. The van der Waals surface area contributed by atoms with Gasteiger partial charge in [-0.15, -0.1) is 0 Å². The van der Waals surface area contributed by atoms with Gasteiger partial charge in [-0.1, -0.05) is 18.2 Å². The molecular formula is C19H21FN2O4S. The predicted molar refractivity (Wildman–Crippen MR) is 98.2 cm³/mol. The van der Waals surface area contributed by atoms with Crippen molar-refractivity contribution < 1.29 is 22.3 Å². The molecule has 1 aliphatic heterocycles. The summed E-state index contributed by atoms with van der Waals surface area (Å²) in [5.74, 6) is -0.743. The van der Waals surface area contributed by atoms with Gasteiger partial charge in [0.1, 0.15) is 5.82 Å². The summed E-state index contributed by atoms with van der Waals surface area (Å²) in [6.07, 6.45) is -0.171. The first-order valence-corrected chi connectivity index (χ1v) is 10.0. The summed E-state index contributed by atoms with van der Waals surface area (Å²) in [5.41, 5.74) is 0.996. The van der Waals surface area contributed by atoms with Gasteiger partial charge < -0.3 is 10.1 Å². The van der Waals surface area contributed by atoms with Gasteiger partial charge in [0.15, 0.2) is 0 Å². The number of morpholine rings is 1. The number of hydrogen-bond acceptors (Lipinski definition) is 4. The highest BCUT2D eigenvalue weighted by atomic mass is 32.2. The molecule has 2 aromatic rings. The van der Waals surface area contributed by atoms with Gasteiger partial charge in [-0.05, 0) is 42.8 Å². The summed E-state index contributed by atoms with van der Waals surface area (Å²) < 4.78 is 45.3. The average Bonchev–Trinajstić information content (AvgIpc) is 2.67. The van der Waals surface area contributed by atoms with E-state index in [1.165, 1.54) is 28.6 Å². The van der Waals surface area contributed by atoms with Crippen molar-refractivity contribution in [2.75, 3.05) is 19.7 Å². The quantitative estimate of drug-likeness (QED) is 0.846. The van der Waals surface area contributed by atoms with Gasteiger partial charge in [0, 0.05) is 25.2 Å². The van der Waals surface area contributed by atoms with Crippen LogP contribution in [-0.2, 0) is 21.3 Å². The van der Waals surface area contributed by atoms with Crippen LogP contribution < -0.4 is 5.32 Å². The molecule has 2 aromatic carbocycles. The van der Waals surface area contributed by atoms with E-state index in [9.17, 15) is 17.6 Å². The van der Waals surface area contributed by atoms with Gasteiger partial charge in [-0.3, -0.25) is 4.79 Å². The molecule has 0 bridgehead atoms. The number of amides is 1.